The highest BCUT2D eigenvalue weighted by atomic mass is 15.2. The molecular weight excluding hydrogens is 234 g/mol. The predicted octanol–water partition coefficient (Wildman–Crippen LogP) is 2.99. The lowest BCUT2D eigenvalue weighted by molar-refractivity contribution is 0.376. The van der Waals surface area contributed by atoms with Crippen molar-refractivity contribution in [3.8, 4) is 0 Å². The average molecular weight is 261 g/mol. The molecule has 3 atom stereocenters. The van der Waals surface area contributed by atoms with Gasteiger partial charge in [-0.1, -0.05) is 19.9 Å². The molecule has 0 radical (unpaired) electrons. The first-order valence-electron chi connectivity index (χ1n) is 7.57. The number of nitrogens with zero attached hydrogens (tertiary/aromatic N) is 2. The van der Waals surface area contributed by atoms with Gasteiger partial charge in [-0.25, -0.2) is 4.98 Å². The van der Waals surface area contributed by atoms with E-state index in [1.807, 2.05) is 6.20 Å². The molecule has 1 saturated heterocycles. The van der Waals surface area contributed by atoms with Crippen LogP contribution in [0.15, 0.2) is 18.3 Å². The fourth-order valence-corrected chi connectivity index (χ4v) is 2.90. The molecule has 0 spiro atoms. The zero-order chi connectivity index (χ0) is 13.8. The molecular formula is C16H27N3. The lowest BCUT2D eigenvalue weighted by Gasteiger charge is -2.37. The Morgan fingerprint density at radius 2 is 2.21 bits per heavy atom. The van der Waals surface area contributed by atoms with Gasteiger partial charge in [0.2, 0.25) is 0 Å². The van der Waals surface area contributed by atoms with Crippen LogP contribution in [0.1, 0.15) is 45.6 Å². The van der Waals surface area contributed by atoms with Crippen molar-refractivity contribution in [1.82, 2.24) is 4.98 Å². The highest BCUT2D eigenvalue weighted by Crippen LogP contribution is 2.26. The second-order valence-corrected chi connectivity index (χ2v) is 6.07. The summed E-state index contributed by atoms with van der Waals surface area (Å²) in [5, 5.41) is 0. The van der Waals surface area contributed by atoms with Crippen molar-refractivity contribution in [2.75, 3.05) is 11.4 Å². The van der Waals surface area contributed by atoms with Crippen molar-refractivity contribution in [3.05, 3.63) is 23.9 Å². The van der Waals surface area contributed by atoms with Crippen LogP contribution in [0.3, 0.4) is 0 Å². The van der Waals surface area contributed by atoms with Gasteiger partial charge in [0.15, 0.2) is 0 Å². The highest BCUT2D eigenvalue weighted by Gasteiger charge is 2.23. The van der Waals surface area contributed by atoms with E-state index in [1.54, 1.807) is 0 Å². The summed E-state index contributed by atoms with van der Waals surface area (Å²) >= 11 is 0. The summed E-state index contributed by atoms with van der Waals surface area (Å²) in [6, 6.07) is 5.19. The first kappa shape index (κ1) is 14.3. The summed E-state index contributed by atoms with van der Waals surface area (Å²) in [6.07, 6.45) is 6.48. The van der Waals surface area contributed by atoms with Crippen molar-refractivity contribution < 1.29 is 0 Å². The zero-order valence-electron chi connectivity index (χ0n) is 12.5. The second kappa shape index (κ2) is 6.38. The maximum atomic E-state index is 5.98. The zero-order valence-corrected chi connectivity index (χ0v) is 12.5. The minimum atomic E-state index is 0.252. The number of pyridine rings is 1. The number of hydrogen-bond acceptors (Lipinski definition) is 3. The summed E-state index contributed by atoms with van der Waals surface area (Å²) < 4.78 is 0. The maximum Gasteiger partial charge on any atom is 0.128 e. The van der Waals surface area contributed by atoms with E-state index < -0.39 is 0 Å². The number of anilines is 1. The highest BCUT2D eigenvalue weighted by molar-refractivity contribution is 5.41. The van der Waals surface area contributed by atoms with Gasteiger partial charge in [-0.05, 0) is 50.2 Å². The van der Waals surface area contributed by atoms with Gasteiger partial charge >= 0.3 is 0 Å². The van der Waals surface area contributed by atoms with Gasteiger partial charge in [0, 0.05) is 24.8 Å². The molecule has 3 unspecified atom stereocenters. The number of aromatic nitrogens is 1. The van der Waals surface area contributed by atoms with E-state index in [9.17, 15) is 0 Å². The molecule has 2 heterocycles. The molecule has 2 rings (SSSR count). The molecule has 0 bridgehead atoms. The molecule has 1 aliphatic heterocycles. The van der Waals surface area contributed by atoms with Crippen molar-refractivity contribution in [1.29, 1.82) is 0 Å². The van der Waals surface area contributed by atoms with Crippen LogP contribution >= 0.6 is 0 Å². The van der Waals surface area contributed by atoms with E-state index >= 15 is 0 Å². The minimum Gasteiger partial charge on any atom is -0.354 e. The van der Waals surface area contributed by atoms with Crippen LogP contribution in [0.2, 0.25) is 0 Å². The molecule has 2 N–H and O–H groups in total. The largest absolute Gasteiger partial charge is 0.354 e. The molecule has 0 aliphatic carbocycles. The third-order valence-electron chi connectivity index (χ3n) is 4.26. The van der Waals surface area contributed by atoms with Gasteiger partial charge in [-0.15, -0.1) is 0 Å². The first-order chi connectivity index (χ1) is 9.10. The minimum absolute atomic E-state index is 0.252. The Bertz CT molecular complexity index is 387. The third kappa shape index (κ3) is 3.69. The van der Waals surface area contributed by atoms with Crippen molar-refractivity contribution in [2.45, 2.75) is 58.5 Å². The fourth-order valence-electron chi connectivity index (χ4n) is 2.90. The Labute approximate surface area is 117 Å². The average Bonchev–Trinajstić information content (AvgIpc) is 2.40. The Kier molecular flexibility index (Phi) is 4.81. The Hall–Kier alpha value is -1.09. The topological polar surface area (TPSA) is 42.1 Å². The molecule has 106 valence electrons. The van der Waals surface area contributed by atoms with Gasteiger partial charge < -0.3 is 10.6 Å². The Balaban J connectivity index is 2.01. The van der Waals surface area contributed by atoms with Crippen LogP contribution in [-0.4, -0.2) is 23.6 Å². The van der Waals surface area contributed by atoms with Gasteiger partial charge in [-0.3, -0.25) is 0 Å². The Morgan fingerprint density at radius 3 is 2.79 bits per heavy atom. The van der Waals surface area contributed by atoms with Gasteiger partial charge in [-0.2, -0.15) is 0 Å². The summed E-state index contributed by atoms with van der Waals surface area (Å²) in [5.41, 5.74) is 7.23. The number of piperidine rings is 1. The molecule has 0 saturated carbocycles. The van der Waals surface area contributed by atoms with Crippen LogP contribution in [-0.2, 0) is 6.42 Å². The number of rotatable bonds is 4. The normalized spacial score (nSPS) is 25.4. The monoisotopic (exact) mass is 261 g/mol. The number of hydrogen-bond donors (Lipinski definition) is 1. The second-order valence-electron chi connectivity index (χ2n) is 6.07. The third-order valence-corrected chi connectivity index (χ3v) is 4.26. The molecule has 19 heavy (non-hydrogen) atoms. The molecule has 1 aromatic rings. The molecule has 1 aromatic heterocycles. The predicted molar refractivity (Wildman–Crippen MR) is 81.4 cm³/mol. The lowest BCUT2D eigenvalue weighted by atomic mass is 9.93. The van der Waals surface area contributed by atoms with Gasteiger partial charge in [0.05, 0.1) is 0 Å². The molecule has 0 aromatic carbocycles. The van der Waals surface area contributed by atoms with Crippen LogP contribution in [0.5, 0.6) is 0 Å². The van der Waals surface area contributed by atoms with Gasteiger partial charge in [0.1, 0.15) is 5.82 Å². The van der Waals surface area contributed by atoms with Crippen LogP contribution in [0.25, 0.3) is 0 Å². The molecule has 1 aliphatic rings. The number of nitrogens with two attached hydrogens (primary N) is 1. The molecule has 1 fully saturated rings. The quantitative estimate of drug-likeness (QED) is 0.906. The van der Waals surface area contributed by atoms with E-state index in [2.05, 4.69) is 42.8 Å². The summed E-state index contributed by atoms with van der Waals surface area (Å²) in [5.74, 6) is 1.96. The summed E-state index contributed by atoms with van der Waals surface area (Å²) in [6.45, 7) is 7.90. The molecule has 3 nitrogen and oxygen atoms in total. The van der Waals surface area contributed by atoms with E-state index in [0.29, 0.717) is 6.04 Å². The van der Waals surface area contributed by atoms with Crippen LogP contribution in [0, 0.1) is 5.92 Å². The lowest BCUT2D eigenvalue weighted by Crippen LogP contribution is -2.40. The SMILES string of the molecule is CCC(N)Cc1ccc(N2CCC(C)CC2C)nc1. The van der Waals surface area contributed by atoms with E-state index in [4.69, 9.17) is 5.73 Å². The van der Waals surface area contributed by atoms with Crippen molar-refractivity contribution in [2.24, 2.45) is 11.7 Å². The maximum absolute atomic E-state index is 5.98. The van der Waals surface area contributed by atoms with Crippen LogP contribution < -0.4 is 10.6 Å². The molecule has 3 heteroatoms. The van der Waals surface area contributed by atoms with E-state index in [-0.39, 0.29) is 6.04 Å². The van der Waals surface area contributed by atoms with Crippen LogP contribution in [0.4, 0.5) is 5.82 Å². The summed E-state index contributed by atoms with van der Waals surface area (Å²) in [7, 11) is 0. The van der Waals surface area contributed by atoms with E-state index in [0.717, 1.165) is 31.1 Å². The van der Waals surface area contributed by atoms with Gasteiger partial charge in [0.25, 0.3) is 0 Å². The smallest absolute Gasteiger partial charge is 0.128 e. The molecule has 0 amide bonds. The summed E-state index contributed by atoms with van der Waals surface area (Å²) in [4.78, 5) is 7.07. The Morgan fingerprint density at radius 1 is 1.42 bits per heavy atom. The standard InChI is InChI=1S/C16H27N3/c1-4-15(17)10-14-5-6-16(18-11-14)19-8-7-12(2)9-13(19)3/h5-6,11-13,15H,4,7-10,17H2,1-3H3. The van der Waals surface area contributed by atoms with Crippen molar-refractivity contribution >= 4 is 5.82 Å². The first-order valence-corrected chi connectivity index (χ1v) is 7.57. The van der Waals surface area contributed by atoms with E-state index in [1.165, 1.54) is 18.4 Å². The van der Waals surface area contributed by atoms with Crippen molar-refractivity contribution in [3.63, 3.8) is 0 Å². The fraction of sp³-hybridized carbons (Fsp3) is 0.688.